The summed E-state index contributed by atoms with van der Waals surface area (Å²) in [6, 6.07) is 11.7. The van der Waals surface area contributed by atoms with Crippen molar-refractivity contribution >= 4 is 12.6 Å². The Balaban J connectivity index is 2.55. The standard InChI is InChI=1S/C17H21NO2S/c1-3-10-18-16(9-8-14(12-21)17(18)19)13-6-5-7-15(11-13)20-4-2/h5-9,11,21H,3-4,10,12H2,1-2H3. The molecule has 0 radical (unpaired) electrons. The molecule has 0 fully saturated rings. The highest BCUT2D eigenvalue weighted by molar-refractivity contribution is 7.79. The lowest BCUT2D eigenvalue weighted by atomic mass is 10.1. The number of rotatable bonds is 6. The van der Waals surface area contributed by atoms with Gasteiger partial charge in [0.25, 0.3) is 5.56 Å². The number of hydrogen-bond acceptors (Lipinski definition) is 3. The first-order valence-electron chi connectivity index (χ1n) is 7.28. The Morgan fingerprint density at radius 2 is 2.00 bits per heavy atom. The van der Waals surface area contributed by atoms with Crippen LogP contribution in [0.5, 0.6) is 5.75 Å². The summed E-state index contributed by atoms with van der Waals surface area (Å²) < 4.78 is 7.37. The van der Waals surface area contributed by atoms with Crippen LogP contribution in [0.3, 0.4) is 0 Å². The molecule has 0 aliphatic rings. The van der Waals surface area contributed by atoms with Gasteiger partial charge in [0.15, 0.2) is 0 Å². The van der Waals surface area contributed by atoms with Crippen LogP contribution >= 0.6 is 12.6 Å². The summed E-state index contributed by atoms with van der Waals surface area (Å²) >= 11 is 4.23. The largest absolute Gasteiger partial charge is 0.494 e. The number of pyridine rings is 1. The van der Waals surface area contributed by atoms with Gasteiger partial charge < -0.3 is 9.30 Å². The zero-order valence-electron chi connectivity index (χ0n) is 12.5. The topological polar surface area (TPSA) is 31.2 Å². The maximum atomic E-state index is 12.5. The Kier molecular flexibility index (Phi) is 5.51. The van der Waals surface area contributed by atoms with E-state index in [0.29, 0.717) is 18.9 Å². The summed E-state index contributed by atoms with van der Waals surface area (Å²) in [6.45, 7) is 5.36. The SMILES string of the molecule is CCCn1c(-c2cccc(OCC)c2)ccc(CS)c1=O. The molecular weight excluding hydrogens is 282 g/mol. The van der Waals surface area contributed by atoms with E-state index in [2.05, 4.69) is 19.6 Å². The molecule has 0 aliphatic carbocycles. The number of benzene rings is 1. The Morgan fingerprint density at radius 1 is 1.19 bits per heavy atom. The fraction of sp³-hybridized carbons (Fsp3) is 0.353. The number of hydrogen-bond donors (Lipinski definition) is 1. The van der Waals surface area contributed by atoms with Crippen LogP contribution in [0, 0.1) is 0 Å². The third-order valence-electron chi connectivity index (χ3n) is 3.31. The molecule has 0 spiro atoms. The molecule has 21 heavy (non-hydrogen) atoms. The Bertz CT molecular complexity index is 664. The minimum Gasteiger partial charge on any atom is -0.494 e. The van der Waals surface area contributed by atoms with Crippen molar-refractivity contribution in [3.8, 4) is 17.0 Å². The van der Waals surface area contributed by atoms with Gasteiger partial charge in [0.1, 0.15) is 5.75 Å². The number of ether oxygens (including phenoxy) is 1. The molecule has 0 bridgehead atoms. The van der Waals surface area contributed by atoms with Crippen LogP contribution in [-0.2, 0) is 12.3 Å². The average molecular weight is 303 g/mol. The normalized spacial score (nSPS) is 10.6. The van der Waals surface area contributed by atoms with E-state index in [1.54, 1.807) is 0 Å². The van der Waals surface area contributed by atoms with Gasteiger partial charge in [-0.2, -0.15) is 12.6 Å². The highest BCUT2D eigenvalue weighted by Gasteiger charge is 2.10. The summed E-state index contributed by atoms with van der Waals surface area (Å²) in [6.07, 6.45) is 0.911. The second-order valence-electron chi connectivity index (χ2n) is 4.82. The van der Waals surface area contributed by atoms with Crippen LogP contribution in [0.15, 0.2) is 41.2 Å². The summed E-state index contributed by atoms with van der Waals surface area (Å²) in [5.41, 5.74) is 2.70. The van der Waals surface area contributed by atoms with Gasteiger partial charge in [0.2, 0.25) is 0 Å². The maximum absolute atomic E-state index is 12.5. The van der Waals surface area contributed by atoms with Crippen molar-refractivity contribution in [2.24, 2.45) is 0 Å². The number of aromatic nitrogens is 1. The Hall–Kier alpha value is -1.68. The second-order valence-corrected chi connectivity index (χ2v) is 5.14. The van der Waals surface area contributed by atoms with Gasteiger partial charge in [0.05, 0.1) is 12.3 Å². The third-order valence-corrected chi connectivity index (χ3v) is 3.65. The van der Waals surface area contributed by atoms with Crippen LogP contribution in [0.2, 0.25) is 0 Å². The molecule has 1 aromatic carbocycles. The van der Waals surface area contributed by atoms with E-state index in [-0.39, 0.29) is 5.56 Å². The van der Waals surface area contributed by atoms with Gasteiger partial charge >= 0.3 is 0 Å². The quantitative estimate of drug-likeness (QED) is 0.824. The van der Waals surface area contributed by atoms with E-state index >= 15 is 0 Å². The van der Waals surface area contributed by atoms with Gasteiger partial charge in [0, 0.05) is 23.4 Å². The first kappa shape index (κ1) is 15.7. The van der Waals surface area contributed by atoms with Crippen molar-refractivity contribution in [1.29, 1.82) is 0 Å². The zero-order chi connectivity index (χ0) is 15.2. The average Bonchev–Trinajstić information content (AvgIpc) is 2.50. The second kappa shape index (κ2) is 7.36. The van der Waals surface area contributed by atoms with Gasteiger partial charge in [-0.15, -0.1) is 0 Å². The highest BCUT2D eigenvalue weighted by Crippen LogP contribution is 2.23. The zero-order valence-corrected chi connectivity index (χ0v) is 13.4. The van der Waals surface area contributed by atoms with Gasteiger partial charge in [-0.05, 0) is 31.5 Å². The Morgan fingerprint density at radius 3 is 2.67 bits per heavy atom. The van der Waals surface area contributed by atoms with Crippen molar-refractivity contribution in [1.82, 2.24) is 4.57 Å². The van der Waals surface area contributed by atoms with Crippen molar-refractivity contribution in [2.75, 3.05) is 6.61 Å². The lowest BCUT2D eigenvalue weighted by molar-refractivity contribution is 0.340. The van der Waals surface area contributed by atoms with Gasteiger partial charge in [-0.1, -0.05) is 25.1 Å². The van der Waals surface area contributed by atoms with Gasteiger partial charge in [-0.25, -0.2) is 0 Å². The maximum Gasteiger partial charge on any atom is 0.255 e. The van der Waals surface area contributed by atoms with E-state index in [1.165, 1.54) is 0 Å². The van der Waals surface area contributed by atoms with E-state index < -0.39 is 0 Å². The van der Waals surface area contributed by atoms with Crippen LogP contribution in [0.4, 0.5) is 0 Å². The number of thiol groups is 1. The van der Waals surface area contributed by atoms with Crippen LogP contribution < -0.4 is 10.3 Å². The summed E-state index contributed by atoms with van der Waals surface area (Å²) in [4.78, 5) is 12.5. The summed E-state index contributed by atoms with van der Waals surface area (Å²) in [5.74, 6) is 1.28. The molecule has 0 atom stereocenters. The predicted octanol–water partition coefficient (Wildman–Crippen LogP) is 3.75. The monoisotopic (exact) mass is 303 g/mol. The molecule has 2 rings (SSSR count). The molecule has 3 nitrogen and oxygen atoms in total. The van der Waals surface area contributed by atoms with E-state index in [4.69, 9.17) is 4.74 Å². The van der Waals surface area contributed by atoms with Crippen molar-refractivity contribution in [3.63, 3.8) is 0 Å². The first-order valence-corrected chi connectivity index (χ1v) is 7.91. The summed E-state index contributed by atoms with van der Waals surface area (Å²) in [5, 5.41) is 0. The molecule has 0 unspecified atom stereocenters. The van der Waals surface area contributed by atoms with Crippen LogP contribution in [0.1, 0.15) is 25.8 Å². The molecule has 0 aliphatic heterocycles. The van der Waals surface area contributed by atoms with Crippen molar-refractivity contribution in [3.05, 3.63) is 52.3 Å². The third kappa shape index (κ3) is 3.50. The van der Waals surface area contributed by atoms with E-state index in [1.807, 2.05) is 47.9 Å². The molecule has 4 heteroatoms. The fourth-order valence-electron chi connectivity index (χ4n) is 2.35. The van der Waals surface area contributed by atoms with Crippen molar-refractivity contribution in [2.45, 2.75) is 32.6 Å². The lowest BCUT2D eigenvalue weighted by Gasteiger charge is -2.14. The molecule has 2 aromatic rings. The fourth-order valence-corrected chi connectivity index (χ4v) is 2.59. The minimum atomic E-state index is 0.0474. The molecule has 1 heterocycles. The van der Waals surface area contributed by atoms with E-state index in [9.17, 15) is 4.79 Å². The minimum absolute atomic E-state index is 0.0474. The van der Waals surface area contributed by atoms with Crippen LogP contribution in [-0.4, -0.2) is 11.2 Å². The van der Waals surface area contributed by atoms with E-state index in [0.717, 1.165) is 29.0 Å². The molecule has 0 saturated carbocycles. The van der Waals surface area contributed by atoms with Crippen molar-refractivity contribution < 1.29 is 4.74 Å². The Labute approximate surface area is 131 Å². The molecule has 112 valence electrons. The number of nitrogens with zero attached hydrogens (tertiary/aromatic N) is 1. The molecule has 0 amide bonds. The highest BCUT2D eigenvalue weighted by atomic mass is 32.1. The molecule has 0 saturated heterocycles. The predicted molar refractivity (Wildman–Crippen MR) is 90.3 cm³/mol. The lowest BCUT2D eigenvalue weighted by Crippen LogP contribution is -2.24. The summed E-state index contributed by atoms with van der Waals surface area (Å²) in [7, 11) is 0. The molecule has 0 N–H and O–H groups in total. The molecule has 1 aromatic heterocycles. The first-order chi connectivity index (χ1) is 10.2. The smallest absolute Gasteiger partial charge is 0.255 e. The van der Waals surface area contributed by atoms with Crippen LogP contribution in [0.25, 0.3) is 11.3 Å². The molecular formula is C17H21NO2S. The van der Waals surface area contributed by atoms with Gasteiger partial charge in [-0.3, -0.25) is 4.79 Å².